The molecule has 1 atom stereocenters. The van der Waals surface area contributed by atoms with E-state index in [0.29, 0.717) is 29.5 Å². The fraction of sp³-hybridized carbons (Fsp3) is 0.400. The van der Waals surface area contributed by atoms with E-state index in [0.717, 1.165) is 50.4 Å². The minimum Gasteiger partial charge on any atom is -0.349 e. The van der Waals surface area contributed by atoms with Crippen LogP contribution in [0.4, 0.5) is 14.6 Å². The molecule has 2 saturated heterocycles. The van der Waals surface area contributed by atoms with Crippen molar-refractivity contribution in [2.75, 3.05) is 24.5 Å². The first-order chi connectivity index (χ1) is 16.0. The molecule has 0 saturated carbocycles. The standard InChI is InChI=1S/C25H27F2N5O/c1-17-8-12-30(13-9-17)24(33)7-4-18-16-28-32-14-10-23(29-25(18)32)31-11-2-3-22(31)20-15-19(26)5-6-21(20)27/h4-7,10,14-17,22H,2-3,8-9,11-13H2,1H3/b7-4+/t22-/m1/s1. The lowest BCUT2D eigenvalue weighted by Crippen LogP contribution is -2.36. The summed E-state index contributed by atoms with van der Waals surface area (Å²) in [6, 6.07) is 5.15. The van der Waals surface area contributed by atoms with Gasteiger partial charge in [0.15, 0.2) is 5.65 Å². The van der Waals surface area contributed by atoms with Crippen molar-refractivity contribution in [2.24, 2.45) is 5.92 Å². The van der Waals surface area contributed by atoms with Crippen LogP contribution in [0.15, 0.2) is 42.7 Å². The fourth-order valence-corrected chi connectivity index (χ4v) is 4.78. The third-order valence-electron chi connectivity index (χ3n) is 6.75. The van der Waals surface area contributed by atoms with E-state index < -0.39 is 11.6 Å². The smallest absolute Gasteiger partial charge is 0.246 e. The van der Waals surface area contributed by atoms with E-state index in [4.69, 9.17) is 4.98 Å². The molecule has 5 rings (SSSR count). The second kappa shape index (κ2) is 8.92. The first kappa shape index (κ1) is 21.6. The first-order valence-electron chi connectivity index (χ1n) is 11.5. The Balaban J connectivity index is 1.40. The van der Waals surface area contributed by atoms with Crippen LogP contribution in [0.5, 0.6) is 0 Å². The summed E-state index contributed by atoms with van der Waals surface area (Å²) in [6.07, 6.45) is 10.5. The lowest BCUT2D eigenvalue weighted by molar-refractivity contribution is -0.127. The quantitative estimate of drug-likeness (QED) is 0.543. The molecule has 0 aliphatic carbocycles. The van der Waals surface area contributed by atoms with E-state index in [1.807, 2.05) is 15.9 Å². The van der Waals surface area contributed by atoms with E-state index in [-0.39, 0.29) is 11.9 Å². The van der Waals surface area contributed by atoms with Crippen molar-refractivity contribution in [1.29, 1.82) is 0 Å². The highest BCUT2D eigenvalue weighted by Gasteiger charge is 2.30. The molecule has 33 heavy (non-hydrogen) atoms. The summed E-state index contributed by atoms with van der Waals surface area (Å²) in [4.78, 5) is 21.3. The predicted octanol–water partition coefficient (Wildman–Crippen LogP) is 4.62. The molecular weight excluding hydrogens is 424 g/mol. The van der Waals surface area contributed by atoms with Crippen LogP contribution in [0.3, 0.4) is 0 Å². The second-order valence-corrected chi connectivity index (χ2v) is 9.01. The van der Waals surface area contributed by atoms with E-state index >= 15 is 0 Å². The van der Waals surface area contributed by atoms with Crippen LogP contribution in [-0.4, -0.2) is 45.0 Å². The van der Waals surface area contributed by atoms with Crippen molar-refractivity contribution in [2.45, 2.75) is 38.6 Å². The maximum absolute atomic E-state index is 14.5. The van der Waals surface area contributed by atoms with Gasteiger partial charge in [0.2, 0.25) is 5.91 Å². The lowest BCUT2D eigenvalue weighted by atomic mass is 9.99. The van der Waals surface area contributed by atoms with Crippen LogP contribution in [0.1, 0.15) is 49.8 Å². The van der Waals surface area contributed by atoms with Crippen LogP contribution < -0.4 is 4.90 Å². The number of aromatic nitrogens is 3. The Morgan fingerprint density at radius 2 is 1.94 bits per heavy atom. The molecule has 8 heteroatoms. The number of halogens is 2. The zero-order chi connectivity index (χ0) is 22.9. The summed E-state index contributed by atoms with van der Waals surface area (Å²) < 4.78 is 29.9. The Kier molecular flexibility index (Phi) is 5.83. The van der Waals surface area contributed by atoms with Gasteiger partial charge in [0.05, 0.1) is 12.2 Å². The zero-order valence-electron chi connectivity index (χ0n) is 18.6. The monoisotopic (exact) mass is 451 g/mol. The van der Waals surface area contributed by atoms with Gasteiger partial charge in [-0.1, -0.05) is 6.92 Å². The van der Waals surface area contributed by atoms with Crippen molar-refractivity contribution in [1.82, 2.24) is 19.5 Å². The highest BCUT2D eigenvalue weighted by Crippen LogP contribution is 2.37. The van der Waals surface area contributed by atoms with Gasteiger partial charge in [-0.05, 0) is 61.9 Å². The first-order valence-corrected chi connectivity index (χ1v) is 11.5. The van der Waals surface area contributed by atoms with Gasteiger partial charge in [0.25, 0.3) is 0 Å². The van der Waals surface area contributed by atoms with Crippen LogP contribution in [-0.2, 0) is 4.79 Å². The summed E-state index contributed by atoms with van der Waals surface area (Å²) in [5.74, 6) is 0.486. The van der Waals surface area contributed by atoms with Gasteiger partial charge >= 0.3 is 0 Å². The number of benzene rings is 1. The SMILES string of the molecule is CC1CCN(C(=O)/C=C/c2cnn3ccc(N4CCC[C@@H]4c4cc(F)ccc4F)nc23)CC1. The van der Waals surface area contributed by atoms with Crippen molar-refractivity contribution >= 4 is 23.4 Å². The normalized spacial score (nSPS) is 19.8. The van der Waals surface area contributed by atoms with E-state index in [9.17, 15) is 13.6 Å². The van der Waals surface area contributed by atoms with Gasteiger partial charge in [-0.15, -0.1) is 0 Å². The van der Waals surface area contributed by atoms with Crippen molar-refractivity contribution in [3.05, 3.63) is 65.5 Å². The Hall–Kier alpha value is -3.29. The molecule has 3 aromatic rings. The molecule has 0 N–H and O–H groups in total. The van der Waals surface area contributed by atoms with Gasteiger partial charge in [-0.25, -0.2) is 18.3 Å². The minimum atomic E-state index is -0.447. The lowest BCUT2D eigenvalue weighted by Gasteiger charge is -2.29. The number of likely N-dealkylation sites (tertiary alicyclic amines) is 1. The Morgan fingerprint density at radius 3 is 2.76 bits per heavy atom. The second-order valence-electron chi connectivity index (χ2n) is 9.01. The number of fused-ring (bicyclic) bond motifs is 1. The number of hydrogen-bond acceptors (Lipinski definition) is 4. The number of rotatable bonds is 4. The van der Waals surface area contributed by atoms with Gasteiger partial charge in [-0.3, -0.25) is 4.79 Å². The molecule has 2 aromatic heterocycles. The average Bonchev–Trinajstić information content (AvgIpc) is 3.46. The molecule has 2 aliphatic heterocycles. The Labute approximate surface area is 191 Å². The van der Waals surface area contributed by atoms with E-state index in [2.05, 4.69) is 12.0 Å². The number of nitrogens with zero attached hydrogens (tertiary/aromatic N) is 5. The zero-order valence-corrected chi connectivity index (χ0v) is 18.6. The molecule has 0 bridgehead atoms. The number of amides is 1. The highest BCUT2D eigenvalue weighted by molar-refractivity contribution is 5.92. The summed E-state index contributed by atoms with van der Waals surface area (Å²) in [5.41, 5.74) is 1.71. The molecule has 0 spiro atoms. The van der Waals surface area contributed by atoms with Crippen LogP contribution in [0.2, 0.25) is 0 Å². The third-order valence-corrected chi connectivity index (χ3v) is 6.75. The predicted molar refractivity (Wildman–Crippen MR) is 123 cm³/mol. The summed E-state index contributed by atoms with van der Waals surface area (Å²) in [5, 5.41) is 4.34. The number of hydrogen-bond donors (Lipinski definition) is 0. The third kappa shape index (κ3) is 4.34. The average molecular weight is 452 g/mol. The number of carbonyl (C=O) groups is 1. The van der Waals surface area contributed by atoms with E-state index in [1.54, 1.807) is 29.1 Å². The van der Waals surface area contributed by atoms with Gasteiger partial charge in [0.1, 0.15) is 17.5 Å². The fourth-order valence-electron chi connectivity index (χ4n) is 4.78. The largest absolute Gasteiger partial charge is 0.349 e. The van der Waals surface area contributed by atoms with E-state index in [1.165, 1.54) is 12.1 Å². The highest BCUT2D eigenvalue weighted by atomic mass is 19.1. The Morgan fingerprint density at radius 1 is 1.12 bits per heavy atom. The summed E-state index contributed by atoms with van der Waals surface area (Å²) in [6.45, 7) is 4.49. The molecule has 172 valence electrons. The number of piperidine rings is 1. The molecule has 4 heterocycles. The molecule has 1 amide bonds. The van der Waals surface area contributed by atoms with Crippen LogP contribution >= 0.6 is 0 Å². The Bertz CT molecular complexity index is 1200. The summed E-state index contributed by atoms with van der Waals surface area (Å²) in [7, 11) is 0. The topological polar surface area (TPSA) is 53.7 Å². The minimum absolute atomic E-state index is 0.00130. The molecule has 2 aliphatic rings. The maximum Gasteiger partial charge on any atom is 0.246 e. The molecular formula is C25H27F2N5O. The number of carbonyl (C=O) groups excluding carboxylic acids is 1. The van der Waals surface area contributed by atoms with Crippen molar-refractivity contribution < 1.29 is 13.6 Å². The van der Waals surface area contributed by atoms with Gasteiger partial charge in [-0.2, -0.15) is 5.10 Å². The molecule has 0 radical (unpaired) electrons. The van der Waals surface area contributed by atoms with Gasteiger partial charge in [0, 0.05) is 43.0 Å². The molecule has 6 nitrogen and oxygen atoms in total. The molecule has 2 fully saturated rings. The number of anilines is 1. The van der Waals surface area contributed by atoms with Crippen molar-refractivity contribution in [3.8, 4) is 0 Å². The van der Waals surface area contributed by atoms with Crippen LogP contribution in [0, 0.1) is 17.6 Å². The van der Waals surface area contributed by atoms with Crippen LogP contribution in [0.25, 0.3) is 11.7 Å². The maximum atomic E-state index is 14.5. The molecule has 1 aromatic carbocycles. The van der Waals surface area contributed by atoms with Crippen molar-refractivity contribution in [3.63, 3.8) is 0 Å². The summed E-state index contributed by atoms with van der Waals surface area (Å²) >= 11 is 0. The van der Waals surface area contributed by atoms with Gasteiger partial charge < -0.3 is 9.80 Å². The molecule has 0 unspecified atom stereocenters.